The van der Waals surface area contributed by atoms with Gasteiger partial charge in [-0.3, -0.25) is 14.4 Å². The first kappa shape index (κ1) is 31.1. The fourth-order valence-electron chi connectivity index (χ4n) is 5.47. The van der Waals surface area contributed by atoms with E-state index in [4.69, 9.17) is 18.9 Å². The van der Waals surface area contributed by atoms with E-state index in [1.165, 1.54) is 0 Å². The van der Waals surface area contributed by atoms with Crippen LogP contribution in [-0.4, -0.2) is 59.6 Å². The summed E-state index contributed by atoms with van der Waals surface area (Å²) in [5.41, 5.74) is 0.905. The predicted molar refractivity (Wildman–Crippen MR) is 146 cm³/mol. The second-order valence-corrected chi connectivity index (χ2v) is 11.2. The lowest BCUT2D eigenvalue weighted by molar-refractivity contribution is -0.163. The number of carbonyl (C=O) groups is 3. The molecule has 218 valence electrons. The minimum Gasteiger partial charge on any atom is -0.462 e. The van der Waals surface area contributed by atoms with E-state index in [-0.39, 0.29) is 42.6 Å². The van der Waals surface area contributed by atoms with Gasteiger partial charge in [0, 0.05) is 12.8 Å². The maximum atomic E-state index is 13.2. The van der Waals surface area contributed by atoms with Crippen LogP contribution in [-0.2, 0) is 33.3 Å². The average Bonchev–Trinajstić information content (AvgIpc) is 3.38. The predicted octanol–water partition coefficient (Wildman–Crippen LogP) is 5.10. The van der Waals surface area contributed by atoms with Crippen molar-refractivity contribution >= 4 is 17.9 Å². The van der Waals surface area contributed by atoms with Gasteiger partial charge in [-0.05, 0) is 64.9 Å². The van der Waals surface area contributed by atoms with E-state index in [1.807, 2.05) is 58.0 Å². The average molecular weight is 547 g/mol. The van der Waals surface area contributed by atoms with Crippen molar-refractivity contribution in [2.75, 3.05) is 0 Å². The Kier molecular flexibility index (Phi) is 11.8. The molecule has 3 rings (SSSR count). The largest absolute Gasteiger partial charge is 0.462 e. The molecular weight excluding hydrogens is 500 g/mol. The molecule has 2 bridgehead atoms. The van der Waals surface area contributed by atoms with Crippen molar-refractivity contribution in [3.05, 3.63) is 35.9 Å². The number of aliphatic hydroxyl groups excluding tert-OH is 1. The number of rotatable bonds is 7. The molecule has 0 aliphatic carbocycles. The number of esters is 3. The van der Waals surface area contributed by atoms with E-state index in [9.17, 15) is 19.5 Å². The molecule has 8 heteroatoms. The molecular formula is C31H46O8. The summed E-state index contributed by atoms with van der Waals surface area (Å²) in [4.78, 5) is 39.0. The Hall–Kier alpha value is -2.45. The van der Waals surface area contributed by atoms with Crippen LogP contribution in [0.15, 0.2) is 30.3 Å². The lowest BCUT2D eigenvalue weighted by atomic mass is 9.95. The van der Waals surface area contributed by atoms with Crippen LogP contribution in [0.2, 0.25) is 0 Å². The topological polar surface area (TPSA) is 108 Å². The van der Waals surface area contributed by atoms with Crippen molar-refractivity contribution in [2.45, 2.75) is 129 Å². The van der Waals surface area contributed by atoms with Crippen LogP contribution in [0.25, 0.3) is 0 Å². The van der Waals surface area contributed by atoms with Gasteiger partial charge in [0.1, 0.15) is 18.3 Å². The second kappa shape index (κ2) is 14.8. The van der Waals surface area contributed by atoms with Crippen LogP contribution in [0.5, 0.6) is 0 Å². The highest BCUT2D eigenvalue weighted by Gasteiger charge is 2.37. The van der Waals surface area contributed by atoms with Gasteiger partial charge in [0.05, 0.1) is 36.1 Å². The lowest BCUT2D eigenvalue weighted by Crippen LogP contribution is -2.34. The van der Waals surface area contributed by atoms with E-state index in [0.717, 1.165) is 18.4 Å². The molecule has 1 aromatic carbocycles. The van der Waals surface area contributed by atoms with Gasteiger partial charge < -0.3 is 24.1 Å². The molecule has 0 amide bonds. The molecule has 2 aliphatic rings. The molecule has 0 spiro atoms. The highest BCUT2D eigenvalue weighted by Crippen LogP contribution is 2.31. The van der Waals surface area contributed by atoms with E-state index in [2.05, 4.69) is 0 Å². The van der Waals surface area contributed by atoms with Crippen LogP contribution >= 0.6 is 0 Å². The summed E-state index contributed by atoms with van der Waals surface area (Å²) < 4.78 is 23.6. The first-order chi connectivity index (χ1) is 18.6. The standard InChI is InChI=1S/C31H46O8/c1-6-23(38-31(35)26(7-2)22-11-9-8-10-12-22)18-25-13-15-27(32)20(4)29(33)36-19(3)17-24-14-16-28(37-24)21(5)30(34)39-25/h8-12,19-21,23-28,32H,6-7,13-18H2,1-5H3/t19-,20+,21-,23+,24+,25-,26-,27+,28-/m0/s1. The Balaban J connectivity index is 1.74. The number of fused-ring (bicyclic) bond motifs is 2. The van der Waals surface area contributed by atoms with Crippen molar-refractivity contribution in [1.82, 2.24) is 0 Å². The third kappa shape index (κ3) is 8.77. The van der Waals surface area contributed by atoms with Crippen molar-refractivity contribution < 1.29 is 38.4 Å². The van der Waals surface area contributed by atoms with E-state index in [0.29, 0.717) is 32.1 Å². The summed E-state index contributed by atoms with van der Waals surface area (Å²) in [5.74, 6) is -2.67. The zero-order valence-corrected chi connectivity index (χ0v) is 24.0. The van der Waals surface area contributed by atoms with E-state index >= 15 is 0 Å². The fraction of sp³-hybridized carbons (Fsp3) is 0.710. The summed E-state index contributed by atoms with van der Waals surface area (Å²) in [6.07, 6.45) is 1.37. The van der Waals surface area contributed by atoms with Crippen LogP contribution in [0, 0.1) is 11.8 Å². The molecule has 9 atom stereocenters. The van der Waals surface area contributed by atoms with Gasteiger partial charge in [0.15, 0.2) is 0 Å². The SMILES string of the molecule is CC[C@H](C[C@@H]1CC[C@@H](O)[C@@H](C)C(=O)O[C@@H](C)C[C@H]2CC[C@H](O2)[C@H](C)C(=O)O1)OC(=O)[C@@H](CC)c1ccccc1. The maximum absolute atomic E-state index is 13.2. The molecule has 2 aliphatic heterocycles. The summed E-state index contributed by atoms with van der Waals surface area (Å²) in [6.45, 7) is 9.17. The minimum atomic E-state index is -0.952. The molecule has 8 nitrogen and oxygen atoms in total. The zero-order chi connectivity index (χ0) is 28.5. The molecule has 2 heterocycles. The normalized spacial score (nSPS) is 32.2. The summed E-state index contributed by atoms with van der Waals surface area (Å²) in [7, 11) is 0. The minimum absolute atomic E-state index is 0.103. The number of cyclic esters (lactones) is 2. The van der Waals surface area contributed by atoms with Gasteiger partial charge in [0.25, 0.3) is 0 Å². The molecule has 1 aromatic rings. The molecule has 39 heavy (non-hydrogen) atoms. The smallest absolute Gasteiger partial charge is 0.313 e. The Labute approximate surface area is 232 Å². The van der Waals surface area contributed by atoms with Gasteiger partial charge in [0.2, 0.25) is 0 Å². The number of aliphatic hydroxyl groups is 1. The molecule has 0 unspecified atom stereocenters. The van der Waals surface area contributed by atoms with Gasteiger partial charge in [-0.1, -0.05) is 44.2 Å². The van der Waals surface area contributed by atoms with Crippen LogP contribution in [0.1, 0.15) is 97.5 Å². The molecule has 2 fully saturated rings. The Morgan fingerprint density at radius 3 is 2.31 bits per heavy atom. The third-order valence-electron chi connectivity index (χ3n) is 8.16. The number of hydrogen-bond donors (Lipinski definition) is 1. The first-order valence-electron chi connectivity index (χ1n) is 14.6. The Morgan fingerprint density at radius 1 is 0.949 bits per heavy atom. The molecule has 2 saturated heterocycles. The fourth-order valence-corrected chi connectivity index (χ4v) is 5.47. The number of hydrogen-bond acceptors (Lipinski definition) is 8. The monoisotopic (exact) mass is 546 g/mol. The summed E-state index contributed by atoms with van der Waals surface area (Å²) >= 11 is 0. The molecule has 0 radical (unpaired) electrons. The second-order valence-electron chi connectivity index (χ2n) is 11.2. The number of ether oxygens (including phenoxy) is 4. The van der Waals surface area contributed by atoms with Crippen LogP contribution < -0.4 is 0 Å². The van der Waals surface area contributed by atoms with Crippen molar-refractivity contribution in [1.29, 1.82) is 0 Å². The first-order valence-corrected chi connectivity index (χ1v) is 14.6. The van der Waals surface area contributed by atoms with Gasteiger partial charge in [-0.25, -0.2) is 0 Å². The Morgan fingerprint density at radius 2 is 1.64 bits per heavy atom. The summed E-state index contributed by atoms with van der Waals surface area (Å²) in [6, 6.07) is 9.55. The van der Waals surface area contributed by atoms with Crippen molar-refractivity contribution in [3.8, 4) is 0 Å². The van der Waals surface area contributed by atoms with Crippen molar-refractivity contribution in [2.24, 2.45) is 11.8 Å². The number of benzene rings is 1. The maximum Gasteiger partial charge on any atom is 0.313 e. The van der Waals surface area contributed by atoms with E-state index in [1.54, 1.807) is 6.92 Å². The van der Waals surface area contributed by atoms with Gasteiger partial charge in [-0.2, -0.15) is 0 Å². The zero-order valence-electron chi connectivity index (χ0n) is 24.0. The van der Waals surface area contributed by atoms with Crippen LogP contribution in [0.4, 0.5) is 0 Å². The van der Waals surface area contributed by atoms with Crippen molar-refractivity contribution in [3.63, 3.8) is 0 Å². The molecule has 0 aromatic heterocycles. The Bertz CT molecular complexity index is 934. The van der Waals surface area contributed by atoms with Gasteiger partial charge >= 0.3 is 17.9 Å². The van der Waals surface area contributed by atoms with E-state index < -0.39 is 36.1 Å². The highest BCUT2D eigenvalue weighted by atomic mass is 16.6. The molecule has 0 saturated carbocycles. The van der Waals surface area contributed by atoms with Crippen LogP contribution in [0.3, 0.4) is 0 Å². The third-order valence-corrected chi connectivity index (χ3v) is 8.16. The molecule has 1 N–H and O–H groups in total. The summed E-state index contributed by atoms with van der Waals surface area (Å²) in [5, 5.41) is 10.8. The lowest BCUT2D eigenvalue weighted by Gasteiger charge is -2.28. The number of carbonyl (C=O) groups excluding carboxylic acids is 3. The quantitative estimate of drug-likeness (QED) is 0.372. The highest BCUT2D eigenvalue weighted by molar-refractivity contribution is 5.78. The van der Waals surface area contributed by atoms with Gasteiger partial charge in [-0.15, -0.1) is 0 Å².